The molecule has 0 N–H and O–H groups in total. The second kappa shape index (κ2) is 18.6. The molecule has 14 aromatic rings. The molecule has 0 unspecified atom stereocenters. The maximum Gasteiger partial charge on any atom is 0.143 e. The third-order valence-corrected chi connectivity index (χ3v) is 14.8. The Morgan fingerprint density at radius 1 is 0.253 bits per heavy atom. The van der Waals surface area contributed by atoms with E-state index in [1.807, 2.05) is 12.1 Å². The minimum absolute atomic E-state index is 0.908. The van der Waals surface area contributed by atoms with Crippen LogP contribution in [0.1, 0.15) is 0 Å². The number of hydrogen-bond donors (Lipinski definition) is 0. The number of anilines is 3. The normalized spacial score (nSPS) is 11.5. The van der Waals surface area contributed by atoms with Crippen molar-refractivity contribution in [1.82, 2.24) is 4.57 Å². The highest BCUT2D eigenvalue weighted by molar-refractivity contribution is 6.11. The molecule has 12 aromatic carbocycles. The Morgan fingerprint density at radius 2 is 0.680 bits per heavy atom. The maximum atomic E-state index is 6.40. The van der Waals surface area contributed by atoms with Gasteiger partial charge in [0, 0.05) is 49.7 Å². The lowest BCUT2D eigenvalue weighted by Gasteiger charge is -2.26. The highest BCUT2D eigenvalue weighted by Crippen LogP contribution is 2.42. The van der Waals surface area contributed by atoms with Gasteiger partial charge in [0.1, 0.15) is 11.2 Å². The minimum Gasteiger partial charge on any atom is -0.455 e. The van der Waals surface area contributed by atoms with Crippen LogP contribution in [0.2, 0.25) is 0 Å². The molecule has 0 bridgehead atoms. The van der Waals surface area contributed by atoms with Gasteiger partial charge in [0.2, 0.25) is 0 Å². The van der Waals surface area contributed by atoms with Crippen molar-refractivity contribution in [3.63, 3.8) is 0 Å². The third kappa shape index (κ3) is 7.95. The Balaban J connectivity index is 0.806. The van der Waals surface area contributed by atoms with E-state index in [1.54, 1.807) is 0 Å². The molecule has 352 valence electrons. The summed E-state index contributed by atoms with van der Waals surface area (Å²) in [6, 6.07) is 105. The van der Waals surface area contributed by atoms with Gasteiger partial charge < -0.3 is 13.9 Å². The molecule has 0 radical (unpaired) electrons. The number of rotatable bonds is 10. The van der Waals surface area contributed by atoms with Crippen LogP contribution in [-0.2, 0) is 0 Å². The quantitative estimate of drug-likeness (QED) is 0.136. The third-order valence-electron chi connectivity index (χ3n) is 14.8. The van der Waals surface area contributed by atoms with Crippen LogP contribution in [0.15, 0.2) is 296 Å². The van der Waals surface area contributed by atoms with Crippen molar-refractivity contribution in [1.29, 1.82) is 0 Å². The molecule has 0 atom stereocenters. The Morgan fingerprint density at radius 3 is 1.33 bits per heavy atom. The van der Waals surface area contributed by atoms with E-state index in [1.165, 1.54) is 49.6 Å². The van der Waals surface area contributed by atoms with Crippen LogP contribution in [0.4, 0.5) is 17.1 Å². The monoisotopic (exact) mass is 956 g/mol. The molecule has 0 aliphatic rings. The molecule has 3 nitrogen and oxygen atoms in total. The van der Waals surface area contributed by atoms with Gasteiger partial charge in [-0.15, -0.1) is 0 Å². The molecule has 0 spiro atoms. The van der Waals surface area contributed by atoms with Gasteiger partial charge in [-0.2, -0.15) is 0 Å². The van der Waals surface area contributed by atoms with Crippen LogP contribution in [0.3, 0.4) is 0 Å². The van der Waals surface area contributed by atoms with Crippen molar-refractivity contribution in [3.05, 3.63) is 291 Å². The fourth-order valence-electron chi connectivity index (χ4n) is 11.1. The summed E-state index contributed by atoms with van der Waals surface area (Å²) in [5, 5.41) is 4.78. The van der Waals surface area contributed by atoms with E-state index in [4.69, 9.17) is 4.42 Å². The smallest absolute Gasteiger partial charge is 0.143 e. The first-order chi connectivity index (χ1) is 37.2. The lowest BCUT2D eigenvalue weighted by atomic mass is 9.97. The fraction of sp³-hybridized carbons (Fsp3) is 0. The van der Waals surface area contributed by atoms with Gasteiger partial charge in [0.15, 0.2) is 0 Å². The van der Waals surface area contributed by atoms with Crippen LogP contribution in [0, 0.1) is 0 Å². The summed E-state index contributed by atoms with van der Waals surface area (Å²) < 4.78 is 8.81. The molecular weight excluding hydrogens is 909 g/mol. The van der Waals surface area contributed by atoms with Crippen molar-refractivity contribution in [3.8, 4) is 72.4 Å². The number of furan rings is 1. The Hall–Kier alpha value is -9.96. The Bertz CT molecular complexity index is 4320. The van der Waals surface area contributed by atoms with Crippen LogP contribution in [0.25, 0.3) is 116 Å². The predicted molar refractivity (Wildman–Crippen MR) is 315 cm³/mol. The SMILES string of the molecule is c1ccc(-c2ccc(-c3cccc(N(c4ccc(-c5ccc(-c6cccc7c6oc6ccccc67)cc5)cc4)c4ccc(-c5cccc(-c6ccccc6-n6c7ccccc7c7ccccc76)c5)cc4)c3)cc2)cc1. The van der Waals surface area contributed by atoms with Crippen LogP contribution >= 0.6 is 0 Å². The summed E-state index contributed by atoms with van der Waals surface area (Å²) in [7, 11) is 0. The van der Waals surface area contributed by atoms with E-state index in [2.05, 4.69) is 289 Å². The number of hydrogen-bond acceptors (Lipinski definition) is 2. The first kappa shape index (κ1) is 43.8. The largest absolute Gasteiger partial charge is 0.455 e. The van der Waals surface area contributed by atoms with Gasteiger partial charge in [-0.05, 0) is 122 Å². The second-order valence-corrected chi connectivity index (χ2v) is 19.2. The maximum absolute atomic E-state index is 6.40. The first-order valence-corrected chi connectivity index (χ1v) is 25.6. The van der Waals surface area contributed by atoms with Gasteiger partial charge in [0.25, 0.3) is 0 Å². The summed E-state index contributed by atoms with van der Waals surface area (Å²) in [6.07, 6.45) is 0. The second-order valence-electron chi connectivity index (χ2n) is 19.2. The van der Waals surface area contributed by atoms with E-state index in [0.717, 1.165) is 83.6 Å². The molecule has 3 heteroatoms. The summed E-state index contributed by atoms with van der Waals surface area (Å²) in [5.41, 5.74) is 22.5. The van der Waals surface area contributed by atoms with Gasteiger partial charge >= 0.3 is 0 Å². The fourth-order valence-corrected chi connectivity index (χ4v) is 11.1. The number of benzene rings is 12. The van der Waals surface area contributed by atoms with Gasteiger partial charge in [-0.3, -0.25) is 0 Å². The van der Waals surface area contributed by atoms with E-state index in [9.17, 15) is 0 Å². The molecule has 0 saturated carbocycles. The molecule has 14 rings (SSSR count). The molecule has 2 aromatic heterocycles. The summed E-state index contributed by atoms with van der Waals surface area (Å²) >= 11 is 0. The van der Waals surface area contributed by atoms with Crippen LogP contribution < -0.4 is 4.90 Å². The van der Waals surface area contributed by atoms with Gasteiger partial charge in [-0.25, -0.2) is 0 Å². The average molecular weight is 957 g/mol. The highest BCUT2D eigenvalue weighted by atomic mass is 16.3. The van der Waals surface area contributed by atoms with E-state index >= 15 is 0 Å². The number of fused-ring (bicyclic) bond motifs is 6. The summed E-state index contributed by atoms with van der Waals surface area (Å²) in [6.45, 7) is 0. The summed E-state index contributed by atoms with van der Waals surface area (Å²) in [4.78, 5) is 2.37. The lowest BCUT2D eigenvalue weighted by molar-refractivity contribution is 0.670. The van der Waals surface area contributed by atoms with E-state index < -0.39 is 0 Å². The average Bonchev–Trinajstić information content (AvgIpc) is 4.04. The highest BCUT2D eigenvalue weighted by Gasteiger charge is 2.18. The number of para-hydroxylation sites is 5. The van der Waals surface area contributed by atoms with E-state index in [-0.39, 0.29) is 0 Å². The first-order valence-electron chi connectivity index (χ1n) is 25.6. The lowest BCUT2D eigenvalue weighted by Crippen LogP contribution is -2.10. The number of nitrogens with zero attached hydrogens (tertiary/aromatic N) is 2. The molecule has 0 fully saturated rings. The molecule has 75 heavy (non-hydrogen) atoms. The molecule has 0 amide bonds. The minimum atomic E-state index is 0.908. The van der Waals surface area contributed by atoms with Crippen molar-refractivity contribution < 1.29 is 4.42 Å². The predicted octanol–water partition coefficient (Wildman–Crippen LogP) is 20.2. The molecule has 2 heterocycles. The van der Waals surface area contributed by atoms with Gasteiger partial charge in [0.05, 0.1) is 16.7 Å². The van der Waals surface area contributed by atoms with Crippen LogP contribution in [-0.4, -0.2) is 4.57 Å². The van der Waals surface area contributed by atoms with Gasteiger partial charge in [-0.1, -0.05) is 224 Å². The zero-order valence-corrected chi connectivity index (χ0v) is 41.0. The zero-order chi connectivity index (χ0) is 49.7. The Kier molecular flexibility index (Phi) is 10.8. The van der Waals surface area contributed by atoms with Crippen molar-refractivity contribution >= 4 is 60.8 Å². The summed E-state index contributed by atoms with van der Waals surface area (Å²) in [5.74, 6) is 0. The number of aromatic nitrogens is 1. The van der Waals surface area contributed by atoms with E-state index in [0.29, 0.717) is 0 Å². The molecule has 0 aliphatic heterocycles. The Labute approximate surface area is 436 Å². The molecular formula is C72H48N2O. The van der Waals surface area contributed by atoms with Crippen molar-refractivity contribution in [2.45, 2.75) is 0 Å². The van der Waals surface area contributed by atoms with Crippen LogP contribution in [0.5, 0.6) is 0 Å². The topological polar surface area (TPSA) is 21.3 Å². The standard InChI is InChI=1S/C72H48N2O/c1-2-15-49(16-3-1)50-31-33-53(34-32-50)57-18-13-20-61(48-57)73(59-43-39-52(40-44-59)51-35-37-55(38-36-51)63-25-14-26-67-66-24-7-11-30-71(66)75-72(63)67)60-45-41-54(42-46-60)56-17-12-19-58(47-56)62-21-4-8-27-68(62)74-69-28-9-5-22-64(69)65-23-6-10-29-70(65)74/h1-48H. The van der Waals surface area contributed by atoms with Crippen molar-refractivity contribution in [2.75, 3.05) is 4.90 Å². The zero-order valence-electron chi connectivity index (χ0n) is 41.0. The molecule has 0 aliphatic carbocycles. The van der Waals surface area contributed by atoms with Crippen molar-refractivity contribution in [2.24, 2.45) is 0 Å². The molecule has 0 saturated heterocycles.